The fourth-order valence-electron chi connectivity index (χ4n) is 4.87. The lowest BCUT2D eigenvalue weighted by Crippen LogP contribution is -2.43. The predicted molar refractivity (Wildman–Crippen MR) is 138 cm³/mol. The van der Waals surface area contributed by atoms with E-state index in [9.17, 15) is 9.59 Å². The third-order valence-electron chi connectivity index (χ3n) is 6.86. The van der Waals surface area contributed by atoms with E-state index in [1.807, 2.05) is 18.3 Å². The molecule has 0 bridgehead atoms. The molecule has 0 atom stereocenters. The Hall–Kier alpha value is -3.43. The average Bonchev–Trinajstić information content (AvgIpc) is 3.40. The molecule has 4 heterocycles. The van der Waals surface area contributed by atoms with Crippen LogP contribution in [0, 0.1) is 0 Å². The molecule has 0 saturated carbocycles. The molecule has 0 unspecified atom stereocenters. The van der Waals surface area contributed by atoms with E-state index in [0.29, 0.717) is 22.5 Å². The van der Waals surface area contributed by atoms with Crippen LogP contribution in [-0.2, 0) is 6.54 Å². The van der Waals surface area contributed by atoms with E-state index in [-0.39, 0.29) is 11.5 Å². The minimum Gasteiger partial charge on any atom is -0.496 e. The average molecular weight is 477 g/mol. The van der Waals surface area contributed by atoms with E-state index in [1.165, 1.54) is 13.2 Å². The van der Waals surface area contributed by atoms with Crippen molar-refractivity contribution in [3.05, 3.63) is 58.0 Å². The van der Waals surface area contributed by atoms with E-state index < -0.39 is 0 Å². The van der Waals surface area contributed by atoms with Gasteiger partial charge in [0.05, 0.1) is 18.2 Å². The molecule has 0 spiro atoms. The first kappa shape index (κ1) is 23.3. The monoisotopic (exact) mass is 476 g/mol. The fourth-order valence-corrected chi connectivity index (χ4v) is 4.87. The first-order chi connectivity index (χ1) is 17.0. The molecule has 1 amide bonds. The summed E-state index contributed by atoms with van der Waals surface area (Å²) < 4.78 is 5.38. The van der Waals surface area contributed by atoms with Gasteiger partial charge in [0, 0.05) is 69.2 Å². The summed E-state index contributed by atoms with van der Waals surface area (Å²) >= 11 is 0. The number of piperazine rings is 1. The van der Waals surface area contributed by atoms with Crippen molar-refractivity contribution in [1.29, 1.82) is 0 Å². The Morgan fingerprint density at radius 2 is 1.86 bits per heavy atom. The van der Waals surface area contributed by atoms with Crippen LogP contribution in [0.4, 0.5) is 11.5 Å². The molecule has 2 saturated heterocycles. The molecule has 9 heteroatoms. The number of pyridine rings is 2. The zero-order valence-electron chi connectivity index (χ0n) is 20.3. The zero-order valence-corrected chi connectivity index (χ0v) is 20.3. The Morgan fingerprint density at radius 1 is 1.09 bits per heavy atom. The van der Waals surface area contributed by atoms with Gasteiger partial charge in [0.25, 0.3) is 11.5 Å². The number of nitrogens with zero attached hydrogens (tertiary/aromatic N) is 4. The van der Waals surface area contributed by atoms with Crippen molar-refractivity contribution in [2.24, 2.45) is 0 Å². The molecule has 2 aliphatic rings. The SMILES string of the molecule is COc1cc(=O)[nH]c2ccc(NC(=O)c3cc(CN4CCN(C)CC4)cnc3N3CCCC3)cc12. The maximum absolute atomic E-state index is 13.5. The second-order valence-corrected chi connectivity index (χ2v) is 9.40. The van der Waals surface area contributed by atoms with Crippen LogP contribution in [0.5, 0.6) is 5.75 Å². The number of benzene rings is 1. The largest absolute Gasteiger partial charge is 0.496 e. The van der Waals surface area contributed by atoms with Gasteiger partial charge in [-0.05, 0) is 49.7 Å². The number of H-pyrrole nitrogens is 1. The van der Waals surface area contributed by atoms with Crippen LogP contribution in [0.3, 0.4) is 0 Å². The molecule has 35 heavy (non-hydrogen) atoms. The number of hydrogen-bond acceptors (Lipinski definition) is 7. The minimum absolute atomic E-state index is 0.192. The molecular weight excluding hydrogens is 444 g/mol. The topological polar surface area (TPSA) is 93.8 Å². The van der Waals surface area contributed by atoms with E-state index in [2.05, 4.69) is 32.0 Å². The van der Waals surface area contributed by atoms with E-state index in [0.717, 1.165) is 75.4 Å². The molecule has 1 aromatic carbocycles. The van der Waals surface area contributed by atoms with Gasteiger partial charge >= 0.3 is 0 Å². The number of aromatic amines is 1. The highest BCUT2D eigenvalue weighted by Gasteiger charge is 2.23. The van der Waals surface area contributed by atoms with Crippen molar-refractivity contribution in [3.8, 4) is 5.75 Å². The summed E-state index contributed by atoms with van der Waals surface area (Å²) in [6, 6.07) is 8.78. The molecular formula is C26H32N6O3. The molecule has 2 aromatic heterocycles. The normalized spacial score (nSPS) is 17.1. The second-order valence-electron chi connectivity index (χ2n) is 9.40. The molecule has 184 valence electrons. The molecule has 9 nitrogen and oxygen atoms in total. The molecule has 0 radical (unpaired) electrons. The minimum atomic E-state index is -0.232. The van der Waals surface area contributed by atoms with Gasteiger partial charge in [-0.2, -0.15) is 0 Å². The van der Waals surface area contributed by atoms with Crippen molar-refractivity contribution in [3.63, 3.8) is 0 Å². The lowest BCUT2D eigenvalue weighted by Gasteiger charge is -2.32. The summed E-state index contributed by atoms with van der Waals surface area (Å²) in [7, 11) is 3.67. The van der Waals surface area contributed by atoms with Crippen LogP contribution in [0.15, 0.2) is 41.3 Å². The number of amides is 1. The Kier molecular flexibility index (Phi) is 6.70. The van der Waals surface area contributed by atoms with Gasteiger partial charge in [-0.15, -0.1) is 0 Å². The first-order valence-corrected chi connectivity index (χ1v) is 12.2. The number of likely N-dealkylation sites (N-methyl/N-ethyl adjacent to an activating group) is 1. The molecule has 0 aliphatic carbocycles. The number of ether oxygens (including phenoxy) is 1. The van der Waals surface area contributed by atoms with Crippen molar-refractivity contribution in [2.45, 2.75) is 19.4 Å². The summed E-state index contributed by atoms with van der Waals surface area (Å²) in [4.78, 5) is 39.9. The van der Waals surface area contributed by atoms with Gasteiger partial charge in [-0.1, -0.05) is 0 Å². The lowest BCUT2D eigenvalue weighted by molar-refractivity contribution is 0.102. The van der Waals surface area contributed by atoms with Gasteiger partial charge in [0.15, 0.2) is 0 Å². The van der Waals surface area contributed by atoms with E-state index in [1.54, 1.807) is 12.1 Å². The van der Waals surface area contributed by atoms with Crippen LogP contribution in [0.1, 0.15) is 28.8 Å². The highest BCUT2D eigenvalue weighted by molar-refractivity contribution is 6.08. The third-order valence-corrected chi connectivity index (χ3v) is 6.86. The number of nitrogens with one attached hydrogen (secondary N) is 2. The highest BCUT2D eigenvalue weighted by atomic mass is 16.5. The predicted octanol–water partition coefficient (Wildman–Crippen LogP) is 2.53. The van der Waals surface area contributed by atoms with Crippen LogP contribution < -0.4 is 20.5 Å². The van der Waals surface area contributed by atoms with Crippen LogP contribution >= 0.6 is 0 Å². The Balaban J connectivity index is 1.43. The van der Waals surface area contributed by atoms with Gasteiger partial charge < -0.3 is 24.8 Å². The second kappa shape index (κ2) is 10.1. The first-order valence-electron chi connectivity index (χ1n) is 12.2. The van der Waals surface area contributed by atoms with Crippen LogP contribution in [0.2, 0.25) is 0 Å². The highest BCUT2D eigenvalue weighted by Crippen LogP contribution is 2.28. The lowest BCUT2D eigenvalue weighted by atomic mass is 10.1. The number of carbonyl (C=O) groups is 1. The zero-order chi connectivity index (χ0) is 24.4. The molecule has 5 rings (SSSR count). The molecule has 2 N–H and O–H groups in total. The van der Waals surface area contributed by atoms with Gasteiger partial charge in [-0.25, -0.2) is 4.98 Å². The molecule has 3 aromatic rings. The smallest absolute Gasteiger partial charge is 0.259 e. The summed E-state index contributed by atoms with van der Waals surface area (Å²) in [5, 5.41) is 3.77. The van der Waals surface area contributed by atoms with Crippen LogP contribution in [-0.4, -0.2) is 79.1 Å². The number of anilines is 2. The Bertz CT molecular complexity index is 1280. The van der Waals surface area contributed by atoms with Crippen molar-refractivity contribution in [1.82, 2.24) is 19.8 Å². The number of methoxy groups -OCH3 is 1. The third kappa shape index (κ3) is 5.16. The summed E-state index contributed by atoms with van der Waals surface area (Å²) in [5.41, 5.74) is 2.68. The molecule has 2 fully saturated rings. The van der Waals surface area contributed by atoms with E-state index >= 15 is 0 Å². The standard InChI is InChI=1S/C26H32N6O3/c1-30-9-11-31(12-10-30)17-18-13-21(25(27-16-18)32-7-3-4-8-32)26(34)28-19-5-6-22-20(14-19)23(35-2)15-24(33)29-22/h5-6,13-16H,3-4,7-12,17H2,1-2H3,(H,28,34)(H,29,33). The number of aromatic nitrogens is 2. The van der Waals surface area contributed by atoms with Crippen molar-refractivity contribution >= 4 is 28.3 Å². The maximum Gasteiger partial charge on any atom is 0.259 e. The number of hydrogen-bond donors (Lipinski definition) is 2. The van der Waals surface area contributed by atoms with Gasteiger partial charge in [-0.3, -0.25) is 14.5 Å². The van der Waals surface area contributed by atoms with Crippen molar-refractivity contribution < 1.29 is 9.53 Å². The maximum atomic E-state index is 13.5. The quantitative estimate of drug-likeness (QED) is 0.565. The molecule has 2 aliphatic heterocycles. The van der Waals surface area contributed by atoms with Crippen molar-refractivity contribution in [2.75, 3.05) is 63.6 Å². The summed E-state index contributed by atoms with van der Waals surface area (Å²) in [5.74, 6) is 1.01. The number of rotatable bonds is 6. The Morgan fingerprint density at radius 3 is 2.60 bits per heavy atom. The van der Waals surface area contributed by atoms with Gasteiger partial charge in [0.1, 0.15) is 11.6 Å². The summed E-state index contributed by atoms with van der Waals surface area (Å²) in [6.07, 6.45) is 4.13. The van der Waals surface area contributed by atoms with E-state index in [4.69, 9.17) is 9.72 Å². The van der Waals surface area contributed by atoms with Crippen LogP contribution in [0.25, 0.3) is 10.9 Å². The number of fused-ring (bicyclic) bond motifs is 1. The fraction of sp³-hybridized carbons (Fsp3) is 0.423. The number of carbonyl (C=O) groups excluding carboxylic acids is 1. The summed E-state index contributed by atoms with van der Waals surface area (Å²) in [6.45, 7) is 6.70. The van der Waals surface area contributed by atoms with Gasteiger partial charge in [0.2, 0.25) is 0 Å². The Labute approximate surface area is 204 Å².